The van der Waals surface area contributed by atoms with E-state index in [2.05, 4.69) is 27.8 Å². The summed E-state index contributed by atoms with van der Waals surface area (Å²) in [7, 11) is 0. The van der Waals surface area contributed by atoms with Crippen LogP contribution in [0.3, 0.4) is 0 Å². The van der Waals surface area contributed by atoms with E-state index in [1.807, 2.05) is 6.20 Å². The molecule has 1 saturated heterocycles. The van der Waals surface area contributed by atoms with Gasteiger partial charge in [-0.1, -0.05) is 6.92 Å². The molecule has 94 valence electrons. The van der Waals surface area contributed by atoms with Crippen LogP contribution in [-0.2, 0) is 11.3 Å². The van der Waals surface area contributed by atoms with Crippen LogP contribution in [0.4, 0.5) is 0 Å². The van der Waals surface area contributed by atoms with Gasteiger partial charge in [-0.15, -0.1) is 0 Å². The molecule has 1 aliphatic rings. The highest BCUT2D eigenvalue weighted by Crippen LogP contribution is 2.09. The molecule has 1 atom stereocenters. The molecule has 0 saturated carbocycles. The van der Waals surface area contributed by atoms with E-state index in [-0.39, 0.29) is 11.7 Å². The predicted octanol–water partition coefficient (Wildman–Crippen LogP) is 1.33. The van der Waals surface area contributed by atoms with Crippen LogP contribution in [0.2, 0.25) is 0 Å². The molecule has 1 fully saturated rings. The fourth-order valence-corrected chi connectivity index (χ4v) is 2.42. The Morgan fingerprint density at radius 2 is 2.35 bits per heavy atom. The Kier molecular flexibility index (Phi) is 4.36. The van der Waals surface area contributed by atoms with Crippen LogP contribution in [0.1, 0.15) is 6.92 Å². The van der Waals surface area contributed by atoms with E-state index in [1.54, 1.807) is 16.7 Å². The van der Waals surface area contributed by atoms with Gasteiger partial charge in [-0.25, -0.2) is 0 Å². The van der Waals surface area contributed by atoms with Crippen molar-refractivity contribution in [3.8, 4) is 0 Å². The van der Waals surface area contributed by atoms with Gasteiger partial charge >= 0.3 is 0 Å². The van der Waals surface area contributed by atoms with Crippen molar-refractivity contribution in [3.63, 3.8) is 0 Å². The van der Waals surface area contributed by atoms with Gasteiger partial charge in [-0.05, 0) is 28.5 Å². The lowest BCUT2D eigenvalue weighted by atomic mass is 10.2. The molecule has 0 spiro atoms. The zero-order valence-corrected chi connectivity index (χ0v) is 11.5. The Morgan fingerprint density at radius 1 is 1.53 bits per heavy atom. The molecule has 0 N–H and O–H groups in total. The molecule has 17 heavy (non-hydrogen) atoms. The smallest absolute Gasteiger partial charge is 0.250 e. The monoisotopic (exact) mass is 300 g/mol. The molecule has 1 aromatic heterocycles. The normalized spacial score (nSPS) is 21.6. The minimum absolute atomic E-state index is 0.0189. The lowest BCUT2D eigenvalue weighted by Gasteiger charge is -2.32. The number of hydrogen-bond acceptors (Lipinski definition) is 3. The molecular weight excluding hydrogens is 284 g/mol. The van der Waals surface area contributed by atoms with Crippen molar-refractivity contribution >= 4 is 15.9 Å². The molecule has 1 aliphatic heterocycles. The number of likely N-dealkylation sites (N-methyl/N-ethyl adjacent to an activating group) is 1. The Morgan fingerprint density at radius 3 is 3.12 bits per heavy atom. The Hall–Kier alpha value is -0.650. The summed E-state index contributed by atoms with van der Waals surface area (Å²) in [6, 6.07) is 3.34. The van der Waals surface area contributed by atoms with Gasteiger partial charge in [-0.2, -0.15) is 0 Å². The number of morpholine rings is 1. The van der Waals surface area contributed by atoms with Crippen molar-refractivity contribution in [2.75, 3.05) is 26.2 Å². The Balaban J connectivity index is 2.05. The predicted molar refractivity (Wildman–Crippen MR) is 70.3 cm³/mol. The number of ether oxygens (including phenoxy) is 1. The summed E-state index contributed by atoms with van der Waals surface area (Å²) in [6.07, 6.45) is 1.92. The van der Waals surface area contributed by atoms with Gasteiger partial charge in [0.2, 0.25) is 0 Å². The summed E-state index contributed by atoms with van der Waals surface area (Å²) in [5.74, 6) is 0. The first kappa shape index (κ1) is 12.8. The fourth-order valence-electron chi connectivity index (χ4n) is 2.04. The van der Waals surface area contributed by atoms with Gasteiger partial charge < -0.3 is 9.30 Å². The summed E-state index contributed by atoms with van der Waals surface area (Å²) >= 11 is 3.38. The summed E-state index contributed by atoms with van der Waals surface area (Å²) < 4.78 is 8.31. The van der Waals surface area contributed by atoms with E-state index < -0.39 is 0 Å². The zero-order chi connectivity index (χ0) is 12.3. The summed E-state index contributed by atoms with van der Waals surface area (Å²) in [6.45, 7) is 6.44. The van der Waals surface area contributed by atoms with Gasteiger partial charge in [0.1, 0.15) is 0 Å². The third-order valence-corrected chi connectivity index (χ3v) is 3.49. The molecule has 4 nitrogen and oxygen atoms in total. The van der Waals surface area contributed by atoms with Crippen molar-refractivity contribution in [3.05, 3.63) is 33.2 Å². The van der Waals surface area contributed by atoms with Crippen LogP contribution in [0.25, 0.3) is 0 Å². The minimum atomic E-state index is 0.0189. The third-order valence-electron chi connectivity index (χ3n) is 3.02. The summed E-state index contributed by atoms with van der Waals surface area (Å²) in [4.78, 5) is 14.0. The van der Waals surface area contributed by atoms with E-state index in [4.69, 9.17) is 4.74 Å². The number of pyridine rings is 1. The topological polar surface area (TPSA) is 34.5 Å². The van der Waals surface area contributed by atoms with Crippen molar-refractivity contribution in [2.24, 2.45) is 0 Å². The molecule has 1 aromatic rings. The van der Waals surface area contributed by atoms with Gasteiger partial charge in [0.15, 0.2) is 0 Å². The van der Waals surface area contributed by atoms with Gasteiger partial charge in [-0.3, -0.25) is 9.69 Å². The lowest BCUT2D eigenvalue weighted by Crippen LogP contribution is -2.44. The standard InChI is InChI=1S/C12H17BrN2O2/c1-2-14-5-6-17-11(8-14)9-15-7-10(13)3-4-12(15)16/h3-4,7,11H,2,5-6,8-9H2,1H3. The van der Waals surface area contributed by atoms with Crippen molar-refractivity contribution in [1.82, 2.24) is 9.47 Å². The second-order valence-electron chi connectivity index (χ2n) is 4.22. The molecule has 0 aromatic carbocycles. The SMILES string of the molecule is CCN1CCOC(Cn2cc(Br)ccc2=O)C1. The number of aromatic nitrogens is 1. The van der Waals surface area contributed by atoms with E-state index in [9.17, 15) is 4.79 Å². The van der Waals surface area contributed by atoms with Crippen LogP contribution >= 0.6 is 15.9 Å². The summed E-state index contributed by atoms with van der Waals surface area (Å²) in [5.41, 5.74) is 0.0189. The van der Waals surface area contributed by atoms with Gasteiger partial charge in [0, 0.05) is 29.8 Å². The molecule has 0 radical (unpaired) electrons. The highest BCUT2D eigenvalue weighted by Gasteiger charge is 2.19. The highest BCUT2D eigenvalue weighted by molar-refractivity contribution is 9.10. The molecule has 0 amide bonds. The second kappa shape index (κ2) is 5.80. The Bertz CT molecular complexity index is 433. The Labute approximate surface area is 109 Å². The average Bonchev–Trinajstić information content (AvgIpc) is 2.34. The maximum atomic E-state index is 11.7. The second-order valence-corrected chi connectivity index (χ2v) is 5.14. The van der Waals surface area contributed by atoms with Crippen molar-refractivity contribution < 1.29 is 4.74 Å². The van der Waals surface area contributed by atoms with Gasteiger partial charge in [0.25, 0.3) is 5.56 Å². The van der Waals surface area contributed by atoms with Crippen LogP contribution in [-0.4, -0.2) is 41.8 Å². The fraction of sp³-hybridized carbons (Fsp3) is 0.583. The molecule has 1 unspecified atom stereocenters. The molecule has 0 aliphatic carbocycles. The number of halogens is 1. The average molecular weight is 301 g/mol. The van der Waals surface area contributed by atoms with Crippen LogP contribution in [0.15, 0.2) is 27.6 Å². The molecule has 0 bridgehead atoms. The van der Waals surface area contributed by atoms with E-state index in [0.717, 1.165) is 30.7 Å². The third kappa shape index (κ3) is 3.40. The van der Waals surface area contributed by atoms with Crippen LogP contribution in [0, 0.1) is 0 Å². The lowest BCUT2D eigenvalue weighted by molar-refractivity contribution is -0.0347. The summed E-state index contributed by atoms with van der Waals surface area (Å²) in [5, 5.41) is 0. The van der Waals surface area contributed by atoms with Crippen molar-refractivity contribution in [1.29, 1.82) is 0 Å². The van der Waals surface area contributed by atoms with E-state index in [1.165, 1.54) is 0 Å². The number of rotatable bonds is 3. The molecule has 5 heteroatoms. The number of nitrogens with zero attached hydrogens (tertiary/aromatic N) is 2. The number of hydrogen-bond donors (Lipinski definition) is 0. The molecule has 2 heterocycles. The maximum Gasteiger partial charge on any atom is 0.250 e. The van der Waals surface area contributed by atoms with Crippen LogP contribution < -0.4 is 5.56 Å². The minimum Gasteiger partial charge on any atom is -0.374 e. The van der Waals surface area contributed by atoms with Crippen molar-refractivity contribution in [2.45, 2.75) is 19.6 Å². The quantitative estimate of drug-likeness (QED) is 0.845. The van der Waals surface area contributed by atoms with E-state index in [0.29, 0.717) is 6.54 Å². The largest absolute Gasteiger partial charge is 0.374 e. The maximum absolute atomic E-state index is 11.7. The van der Waals surface area contributed by atoms with Crippen LogP contribution in [0.5, 0.6) is 0 Å². The molecular formula is C12H17BrN2O2. The first-order valence-electron chi connectivity index (χ1n) is 5.89. The zero-order valence-electron chi connectivity index (χ0n) is 9.93. The van der Waals surface area contributed by atoms with Gasteiger partial charge in [0.05, 0.1) is 19.3 Å². The highest BCUT2D eigenvalue weighted by atomic mass is 79.9. The molecule has 2 rings (SSSR count). The van der Waals surface area contributed by atoms with E-state index >= 15 is 0 Å². The first-order chi connectivity index (χ1) is 8.19. The first-order valence-corrected chi connectivity index (χ1v) is 6.68.